The van der Waals surface area contributed by atoms with Gasteiger partial charge in [-0.05, 0) is 63.4 Å². The highest BCUT2D eigenvalue weighted by molar-refractivity contribution is 5.55. The Balaban J connectivity index is 1.60. The lowest BCUT2D eigenvalue weighted by atomic mass is 9.83. The van der Waals surface area contributed by atoms with E-state index >= 15 is 0 Å². The lowest BCUT2D eigenvalue weighted by Crippen LogP contribution is -2.50. The van der Waals surface area contributed by atoms with Crippen LogP contribution in [0.3, 0.4) is 0 Å². The zero-order valence-electron chi connectivity index (χ0n) is 17.3. The van der Waals surface area contributed by atoms with E-state index in [0.29, 0.717) is 6.04 Å². The Morgan fingerprint density at radius 1 is 1.00 bits per heavy atom. The van der Waals surface area contributed by atoms with Crippen molar-refractivity contribution in [1.29, 1.82) is 0 Å². The van der Waals surface area contributed by atoms with Crippen LogP contribution in [0.1, 0.15) is 49.8 Å². The van der Waals surface area contributed by atoms with Crippen LogP contribution in [0.15, 0.2) is 34.7 Å². The molecule has 0 saturated carbocycles. The first-order valence-electron chi connectivity index (χ1n) is 9.89. The van der Waals surface area contributed by atoms with Gasteiger partial charge in [0.2, 0.25) is 0 Å². The number of anilines is 1. The summed E-state index contributed by atoms with van der Waals surface area (Å²) in [4.78, 5) is 5.19. The van der Waals surface area contributed by atoms with Gasteiger partial charge < -0.3 is 9.32 Å². The second kappa shape index (κ2) is 7.48. The fraction of sp³-hybridized carbons (Fsp3) is 0.565. The zero-order chi connectivity index (χ0) is 18.9. The van der Waals surface area contributed by atoms with Crippen molar-refractivity contribution in [3.8, 4) is 0 Å². The van der Waals surface area contributed by atoms with Crippen LogP contribution in [0.4, 0.5) is 5.69 Å². The van der Waals surface area contributed by atoms with Crippen LogP contribution in [0.2, 0.25) is 0 Å². The summed E-state index contributed by atoms with van der Waals surface area (Å²) in [5.41, 5.74) is 4.20. The van der Waals surface area contributed by atoms with Gasteiger partial charge in [0.15, 0.2) is 0 Å². The standard InChI is InChI=1S/C23H34N2O/c1-17-7-8-18(2)21(15-17)25-13-11-24(12-14-25)19(3)16-23(5,6)22-10-9-20(4)26-22/h7-10,15,19H,11-14,16H2,1-6H3/t19-/m1/s1. The van der Waals surface area contributed by atoms with Gasteiger partial charge in [-0.25, -0.2) is 0 Å². The summed E-state index contributed by atoms with van der Waals surface area (Å²) in [6, 6.07) is 11.5. The molecule has 2 aromatic rings. The van der Waals surface area contributed by atoms with E-state index in [-0.39, 0.29) is 5.41 Å². The highest BCUT2D eigenvalue weighted by Crippen LogP contribution is 2.32. The zero-order valence-corrected chi connectivity index (χ0v) is 17.3. The van der Waals surface area contributed by atoms with Crippen molar-refractivity contribution in [2.75, 3.05) is 31.1 Å². The number of hydrogen-bond acceptors (Lipinski definition) is 3. The van der Waals surface area contributed by atoms with Gasteiger partial charge in [-0.2, -0.15) is 0 Å². The second-order valence-corrected chi connectivity index (χ2v) is 8.66. The monoisotopic (exact) mass is 354 g/mol. The van der Waals surface area contributed by atoms with Crippen LogP contribution in [-0.2, 0) is 5.41 Å². The van der Waals surface area contributed by atoms with E-state index < -0.39 is 0 Å². The molecule has 1 aliphatic heterocycles. The molecule has 1 aromatic carbocycles. The smallest absolute Gasteiger partial charge is 0.109 e. The van der Waals surface area contributed by atoms with Gasteiger partial charge in [0.1, 0.15) is 11.5 Å². The van der Waals surface area contributed by atoms with E-state index in [1.165, 1.54) is 16.8 Å². The summed E-state index contributed by atoms with van der Waals surface area (Å²) in [6.45, 7) is 17.9. The Morgan fingerprint density at radius 2 is 1.69 bits per heavy atom. The van der Waals surface area contributed by atoms with E-state index in [1.807, 2.05) is 6.92 Å². The number of furan rings is 1. The number of piperazine rings is 1. The molecule has 1 aromatic heterocycles. The van der Waals surface area contributed by atoms with E-state index in [9.17, 15) is 0 Å². The molecular weight excluding hydrogens is 320 g/mol. The predicted octanol–water partition coefficient (Wildman–Crippen LogP) is 5.08. The predicted molar refractivity (Wildman–Crippen MR) is 110 cm³/mol. The summed E-state index contributed by atoms with van der Waals surface area (Å²) >= 11 is 0. The number of nitrogens with zero attached hydrogens (tertiary/aromatic N) is 2. The minimum absolute atomic E-state index is 0.0674. The topological polar surface area (TPSA) is 19.6 Å². The lowest BCUT2D eigenvalue weighted by molar-refractivity contribution is 0.161. The lowest BCUT2D eigenvalue weighted by Gasteiger charge is -2.41. The fourth-order valence-corrected chi connectivity index (χ4v) is 4.23. The largest absolute Gasteiger partial charge is 0.466 e. The maximum absolute atomic E-state index is 5.91. The minimum Gasteiger partial charge on any atom is -0.466 e. The molecule has 3 rings (SSSR count). The molecule has 1 atom stereocenters. The summed E-state index contributed by atoms with van der Waals surface area (Å²) < 4.78 is 5.91. The van der Waals surface area contributed by atoms with E-state index in [2.05, 4.69) is 74.8 Å². The quantitative estimate of drug-likeness (QED) is 0.746. The van der Waals surface area contributed by atoms with Crippen molar-refractivity contribution in [3.05, 3.63) is 53.0 Å². The minimum atomic E-state index is 0.0674. The molecule has 0 unspecified atom stereocenters. The van der Waals surface area contributed by atoms with Crippen molar-refractivity contribution < 1.29 is 4.42 Å². The van der Waals surface area contributed by atoms with Crippen molar-refractivity contribution in [3.63, 3.8) is 0 Å². The summed E-state index contributed by atoms with van der Waals surface area (Å²) in [7, 11) is 0. The molecule has 0 amide bonds. The summed E-state index contributed by atoms with van der Waals surface area (Å²) in [5.74, 6) is 2.11. The van der Waals surface area contributed by atoms with Crippen LogP contribution in [0, 0.1) is 20.8 Å². The van der Waals surface area contributed by atoms with Crippen LogP contribution in [-0.4, -0.2) is 37.1 Å². The molecule has 0 N–H and O–H groups in total. The average Bonchev–Trinajstić information content (AvgIpc) is 3.04. The fourth-order valence-electron chi connectivity index (χ4n) is 4.23. The van der Waals surface area contributed by atoms with Gasteiger partial charge in [0, 0.05) is 43.3 Å². The summed E-state index contributed by atoms with van der Waals surface area (Å²) in [6.07, 6.45) is 1.11. The molecule has 2 heterocycles. The Labute approximate surface area is 159 Å². The second-order valence-electron chi connectivity index (χ2n) is 8.66. The van der Waals surface area contributed by atoms with Crippen molar-refractivity contribution >= 4 is 5.69 Å². The first-order chi connectivity index (χ1) is 12.3. The Kier molecular flexibility index (Phi) is 5.47. The van der Waals surface area contributed by atoms with Gasteiger partial charge in [-0.3, -0.25) is 4.90 Å². The SMILES string of the molecule is Cc1ccc(C)c(N2CCN([C@H](C)CC(C)(C)c3ccc(C)o3)CC2)c1. The molecule has 0 radical (unpaired) electrons. The normalized spacial score (nSPS) is 17.5. The van der Waals surface area contributed by atoms with E-state index in [0.717, 1.165) is 44.1 Å². The van der Waals surface area contributed by atoms with Gasteiger partial charge in [0.05, 0.1) is 0 Å². The van der Waals surface area contributed by atoms with Gasteiger partial charge in [-0.15, -0.1) is 0 Å². The van der Waals surface area contributed by atoms with Gasteiger partial charge >= 0.3 is 0 Å². The molecule has 0 aliphatic carbocycles. The molecular formula is C23H34N2O. The molecule has 1 saturated heterocycles. The molecule has 0 spiro atoms. The third-order valence-corrected chi connectivity index (χ3v) is 5.86. The number of benzene rings is 1. The molecule has 142 valence electrons. The molecule has 1 aliphatic rings. The van der Waals surface area contributed by atoms with Crippen LogP contribution >= 0.6 is 0 Å². The van der Waals surface area contributed by atoms with Gasteiger partial charge in [0.25, 0.3) is 0 Å². The Morgan fingerprint density at radius 3 is 2.31 bits per heavy atom. The number of aryl methyl sites for hydroxylation is 3. The molecule has 3 nitrogen and oxygen atoms in total. The number of hydrogen-bond donors (Lipinski definition) is 0. The summed E-state index contributed by atoms with van der Waals surface area (Å²) in [5, 5.41) is 0. The average molecular weight is 355 g/mol. The molecule has 0 bridgehead atoms. The third kappa shape index (κ3) is 4.15. The highest BCUT2D eigenvalue weighted by atomic mass is 16.3. The van der Waals surface area contributed by atoms with Crippen LogP contribution < -0.4 is 4.90 Å². The maximum atomic E-state index is 5.91. The van der Waals surface area contributed by atoms with Crippen LogP contribution in [0.5, 0.6) is 0 Å². The molecule has 1 fully saturated rings. The first-order valence-corrected chi connectivity index (χ1v) is 9.89. The van der Waals surface area contributed by atoms with Crippen LogP contribution in [0.25, 0.3) is 0 Å². The number of rotatable bonds is 5. The van der Waals surface area contributed by atoms with E-state index in [1.54, 1.807) is 0 Å². The maximum Gasteiger partial charge on any atom is 0.109 e. The first kappa shape index (κ1) is 19.0. The van der Waals surface area contributed by atoms with Gasteiger partial charge in [-0.1, -0.05) is 26.0 Å². The van der Waals surface area contributed by atoms with Crippen molar-refractivity contribution in [2.24, 2.45) is 0 Å². The van der Waals surface area contributed by atoms with Crippen molar-refractivity contribution in [2.45, 2.75) is 59.4 Å². The third-order valence-electron chi connectivity index (χ3n) is 5.86. The molecule has 26 heavy (non-hydrogen) atoms. The Hall–Kier alpha value is -1.74. The molecule has 3 heteroatoms. The van der Waals surface area contributed by atoms with Crippen molar-refractivity contribution in [1.82, 2.24) is 4.90 Å². The highest BCUT2D eigenvalue weighted by Gasteiger charge is 2.30. The van der Waals surface area contributed by atoms with E-state index in [4.69, 9.17) is 4.42 Å². The Bertz CT molecular complexity index is 738.